The third-order valence-electron chi connectivity index (χ3n) is 3.12. The van der Waals surface area contributed by atoms with Crippen molar-refractivity contribution >= 4 is 17.3 Å². The quantitative estimate of drug-likeness (QED) is 0.844. The number of nitrogens with one attached hydrogen (secondary N) is 1. The SMILES string of the molecule is N#CC1CCC(Nc2ccc(Cl)cc2)CC1. The fourth-order valence-electron chi connectivity index (χ4n) is 2.15. The predicted octanol–water partition coefficient (Wildman–Crippen LogP) is 3.83. The van der Waals surface area contributed by atoms with E-state index in [4.69, 9.17) is 16.9 Å². The third-order valence-corrected chi connectivity index (χ3v) is 3.38. The summed E-state index contributed by atoms with van der Waals surface area (Å²) in [5.41, 5.74) is 1.12. The van der Waals surface area contributed by atoms with Crippen molar-refractivity contribution in [1.82, 2.24) is 0 Å². The fraction of sp³-hybridized carbons (Fsp3) is 0.462. The lowest BCUT2D eigenvalue weighted by molar-refractivity contribution is 0.397. The smallest absolute Gasteiger partial charge is 0.0655 e. The summed E-state index contributed by atoms with van der Waals surface area (Å²) < 4.78 is 0. The molecule has 3 heteroatoms. The van der Waals surface area contributed by atoms with Crippen molar-refractivity contribution in [3.63, 3.8) is 0 Å². The topological polar surface area (TPSA) is 35.8 Å². The molecule has 0 aromatic heterocycles. The largest absolute Gasteiger partial charge is 0.382 e. The number of anilines is 1. The first-order valence-corrected chi connectivity index (χ1v) is 6.07. The Hall–Kier alpha value is -1.20. The molecule has 1 saturated carbocycles. The number of hydrogen-bond donors (Lipinski definition) is 1. The molecule has 0 unspecified atom stereocenters. The number of halogens is 1. The molecule has 1 fully saturated rings. The van der Waals surface area contributed by atoms with Crippen LogP contribution in [0.4, 0.5) is 5.69 Å². The highest BCUT2D eigenvalue weighted by Gasteiger charge is 2.20. The van der Waals surface area contributed by atoms with Crippen molar-refractivity contribution in [3.05, 3.63) is 29.3 Å². The highest BCUT2D eigenvalue weighted by atomic mass is 35.5. The van der Waals surface area contributed by atoms with Crippen LogP contribution in [-0.2, 0) is 0 Å². The molecule has 84 valence electrons. The van der Waals surface area contributed by atoms with Crippen molar-refractivity contribution in [2.75, 3.05) is 5.32 Å². The molecule has 16 heavy (non-hydrogen) atoms. The Kier molecular flexibility index (Phi) is 3.69. The molecule has 1 N–H and O–H groups in total. The molecule has 1 aliphatic carbocycles. The first kappa shape index (κ1) is 11.3. The molecule has 0 radical (unpaired) electrons. The van der Waals surface area contributed by atoms with Gasteiger partial charge in [0, 0.05) is 22.7 Å². The molecule has 0 saturated heterocycles. The van der Waals surface area contributed by atoms with Crippen LogP contribution in [0.25, 0.3) is 0 Å². The van der Waals surface area contributed by atoms with Gasteiger partial charge < -0.3 is 5.32 Å². The van der Waals surface area contributed by atoms with E-state index >= 15 is 0 Å². The second-order valence-electron chi connectivity index (χ2n) is 4.33. The zero-order valence-corrected chi connectivity index (χ0v) is 9.87. The Bertz CT molecular complexity index is 372. The number of rotatable bonds is 2. The van der Waals surface area contributed by atoms with Gasteiger partial charge in [-0.1, -0.05) is 11.6 Å². The summed E-state index contributed by atoms with van der Waals surface area (Å²) in [6.07, 6.45) is 4.20. The molecular formula is C13H15ClN2. The maximum Gasteiger partial charge on any atom is 0.0655 e. The maximum absolute atomic E-state index is 8.81. The summed E-state index contributed by atoms with van der Waals surface area (Å²) >= 11 is 5.83. The van der Waals surface area contributed by atoms with Crippen LogP contribution >= 0.6 is 11.6 Å². The van der Waals surface area contributed by atoms with Gasteiger partial charge in [-0.2, -0.15) is 5.26 Å². The van der Waals surface area contributed by atoms with E-state index in [1.54, 1.807) is 0 Å². The number of benzene rings is 1. The minimum atomic E-state index is 0.267. The van der Waals surface area contributed by atoms with E-state index in [-0.39, 0.29) is 5.92 Å². The van der Waals surface area contributed by atoms with Crippen LogP contribution in [0.1, 0.15) is 25.7 Å². The predicted molar refractivity (Wildman–Crippen MR) is 66.4 cm³/mol. The molecule has 0 spiro atoms. The summed E-state index contributed by atoms with van der Waals surface area (Å²) in [6.45, 7) is 0. The second-order valence-corrected chi connectivity index (χ2v) is 4.77. The van der Waals surface area contributed by atoms with Gasteiger partial charge in [0.1, 0.15) is 0 Å². The zero-order valence-electron chi connectivity index (χ0n) is 9.12. The molecule has 0 amide bonds. The average Bonchev–Trinajstić information content (AvgIpc) is 2.33. The van der Waals surface area contributed by atoms with E-state index in [2.05, 4.69) is 11.4 Å². The van der Waals surface area contributed by atoms with Crippen LogP contribution in [0.3, 0.4) is 0 Å². The molecule has 0 atom stereocenters. The van der Waals surface area contributed by atoms with Gasteiger partial charge in [0.15, 0.2) is 0 Å². The van der Waals surface area contributed by atoms with Crippen LogP contribution in [0.5, 0.6) is 0 Å². The van der Waals surface area contributed by atoms with Gasteiger partial charge in [-0.3, -0.25) is 0 Å². The molecule has 0 heterocycles. The number of hydrogen-bond acceptors (Lipinski definition) is 2. The highest BCUT2D eigenvalue weighted by Crippen LogP contribution is 2.26. The number of nitriles is 1. The Morgan fingerprint density at radius 2 is 1.75 bits per heavy atom. The van der Waals surface area contributed by atoms with Crippen LogP contribution in [0.2, 0.25) is 5.02 Å². The van der Waals surface area contributed by atoms with Crippen LogP contribution in [-0.4, -0.2) is 6.04 Å². The maximum atomic E-state index is 8.81. The highest BCUT2D eigenvalue weighted by molar-refractivity contribution is 6.30. The van der Waals surface area contributed by atoms with Gasteiger partial charge in [-0.15, -0.1) is 0 Å². The van der Waals surface area contributed by atoms with Crippen LogP contribution in [0.15, 0.2) is 24.3 Å². The molecular weight excluding hydrogens is 220 g/mol. The lowest BCUT2D eigenvalue weighted by Gasteiger charge is -2.26. The van der Waals surface area contributed by atoms with Crippen molar-refractivity contribution in [3.8, 4) is 6.07 Å². The van der Waals surface area contributed by atoms with E-state index in [1.165, 1.54) is 0 Å². The van der Waals surface area contributed by atoms with Gasteiger partial charge in [0.2, 0.25) is 0 Å². The number of nitrogens with zero attached hydrogens (tertiary/aromatic N) is 1. The summed E-state index contributed by atoms with van der Waals surface area (Å²) in [5, 5.41) is 13.1. The Labute approximate surface area is 101 Å². The minimum Gasteiger partial charge on any atom is -0.382 e. The van der Waals surface area contributed by atoms with Crippen LogP contribution in [0, 0.1) is 17.2 Å². The molecule has 1 aromatic rings. The normalized spacial score (nSPS) is 24.8. The van der Waals surface area contributed by atoms with E-state index in [0.717, 1.165) is 36.4 Å². The summed E-state index contributed by atoms with van der Waals surface area (Å²) in [6, 6.07) is 10.6. The van der Waals surface area contributed by atoms with Gasteiger partial charge in [0.25, 0.3) is 0 Å². The molecule has 1 aromatic carbocycles. The van der Waals surface area contributed by atoms with Crippen molar-refractivity contribution in [2.24, 2.45) is 5.92 Å². The van der Waals surface area contributed by atoms with E-state index in [9.17, 15) is 0 Å². The monoisotopic (exact) mass is 234 g/mol. The van der Waals surface area contributed by atoms with Crippen molar-refractivity contribution < 1.29 is 0 Å². The first-order valence-electron chi connectivity index (χ1n) is 5.69. The molecule has 2 nitrogen and oxygen atoms in total. The summed E-state index contributed by atoms with van der Waals surface area (Å²) in [4.78, 5) is 0. The van der Waals surface area contributed by atoms with Gasteiger partial charge >= 0.3 is 0 Å². The Morgan fingerprint density at radius 1 is 1.12 bits per heavy atom. The first-order chi connectivity index (χ1) is 7.78. The van der Waals surface area contributed by atoms with E-state index < -0.39 is 0 Å². The molecule has 2 rings (SSSR count). The van der Waals surface area contributed by atoms with Crippen LogP contribution < -0.4 is 5.32 Å². The van der Waals surface area contributed by atoms with Crippen molar-refractivity contribution in [1.29, 1.82) is 5.26 Å². The summed E-state index contributed by atoms with van der Waals surface area (Å²) in [5.74, 6) is 0.267. The lowest BCUT2D eigenvalue weighted by Crippen LogP contribution is -2.25. The fourth-order valence-corrected chi connectivity index (χ4v) is 2.27. The van der Waals surface area contributed by atoms with Gasteiger partial charge in [-0.05, 0) is 49.9 Å². The lowest BCUT2D eigenvalue weighted by atomic mass is 9.87. The molecule has 0 bridgehead atoms. The summed E-state index contributed by atoms with van der Waals surface area (Å²) in [7, 11) is 0. The van der Waals surface area contributed by atoms with Gasteiger partial charge in [0.05, 0.1) is 6.07 Å². The van der Waals surface area contributed by atoms with E-state index in [1.807, 2.05) is 24.3 Å². The standard InChI is InChI=1S/C13H15ClN2/c14-11-3-7-13(8-4-11)16-12-5-1-10(9-15)2-6-12/h3-4,7-8,10,12,16H,1-2,5-6H2. The van der Waals surface area contributed by atoms with Crippen molar-refractivity contribution in [2.45, 2.75) is 31.7 Å². The Balaban J connectivity index is 1.87. The zero-order chi connectivity index (χ0) is 11.4. The van der Waals surface area contributed by atoms with E-state index in [0.29, 0.717) is 6.04 Å². The third kappa shape index (κ3) is 2.90. The second kappa shape index (κ2) is 5.23. The average molecular weight is 235 g/mol. The minimum absolute atomic E-state index is 0.267. The molecule has 0 aliphatic heterocycles. The Morgan fingerprint density at radius 3 is 2.31 bits per heavy atom. The molecule has 1 aliphatic rings. The van der Waals surface area contributed by atoms with Gasteiger partial charge in [-0.25, -0.2) is 0 Å².